The van der Waals surface area contributed by atoms with Crippen LogP contribution in [-0.4, -0.2) is 68.9 Å². The Balaban J connectivity index is 1.76. The van der Waals surface area contributed by atoms with Crippen LogP contribution in [0.25, 0.3) is 0 Å². The van der Waals surface area contributed by atoms with Gasteiger partial charge in [0.25, 0.3) is 0 Å². The van der Waals surface area contributed by atoms with Gasteiger partial charge in [0.05, 0.1) is 11.9 Å². The molecule has 166 valence electrons. The highest BCUT2D eigenvalue weighted by atomic mass is 16.7. The van der Waals surface area contributed by atoms with Gasteiger partial charge in [-0.2, -0.15) is 0 Å². The second kappa shape index (κ2) is 8.49. The number of methoxy groups -OCH3 is 2. The third-order valence-corrected chi connectivity index (χ3v) is 8.04. The molecule has 0 aromatic carbocycles. The lowest BCUT2D eigenvalue weighted by Crippen LogP contribution is -2.70. The van der Waals surface area contributed by atoms with Crippen molar-refractivity contribution in [1.82, 2.24) is 4.90 Å². The minimum Gasteiger partial charge on any atom is -0.571 e. The molecule has 4 unspecified atom stereocenters. The van der Waals surface area contributed by atoms with Crippen LogP contribution < -0.4 is 0 Å². The van der Waals surface area contributed by atoms with Gasteiger partial charge in [0.15, 0.2) is 6.10 Å². The molecule has 4 fully saturated rings. The lowest BCUT2D eigenvalue weighted by Gasteiger charge is -2.58. The zero-order chi connectivity index (χ0) is 21.5. The average molecular weight is 417 g/mol. The van der Waals surface area contributed by atoms with Crippen molar-refractivity contribution in [2.75, 3.05) is 27.3 Å². The average Bonchev–Trinajstić information content (AvgIpc) is 3.48. The maximum absolute atomic E-state index is 12.3. The third-order valence-electron chi connectivity index (χ3n) is 8.04. The molecule has 1 aliphatic heterocycles. The second-order valence-electron chi connectivity index (χ2n) is 9.55. The molecule has 4 rings (SSSR count). The molecule has 3 aliphatic carbocycles. The van der Waals surface area contributed by atoms with Gasteiger partial charge >= 0.3 is 8.05 Å². The van der Waals surface area contributed by atoms with Crippen LogP contribution >= 0.6 is 0 Å². The summed E-state index contributed by atoms with van der Waals surface area (Å²) in [4.78, 5) is 2.54. The molecule has 0 aromatic rings. The first-order valence-electron chi connectivity index (χ1n) is 11.4. The van der Waals surface area contributed by atoms with Crippen LogP contribution in [0.5, 0.6) is 0 Å². The number of hydrogen-bond acceptors (Lipinski definition) is 6. The molecular formula is C23H36BNO5. The predicted octanol–water partition coefficient (Wildman–Crippen LogP) is 2.77. The Morgan fingerprint density at radius 3 is 2.60 bits per heavy atom. The Labute approximate surface area is 182 Å². The molecule has 1 saturated heterocycles. The molecule has 3 saturated carbocycles. The minimum absolute atomic E-state index is 0.0539. The standard InChI is InChI=1S/C23H36BNO5/c1-5-11-25(13-15-7-8-15)18-12-16(6-2)19-17(14-29-24)30-21-20(19)22(18,26)9-10-23(21,27-3)28-4/h6,14-16,18-21,26H,2,5,7-13H2,1,3-4H3/b17-14-/t16?,18-,19?,20?,21?,22-/m1/s1. The summed E-state index contributed by atoms with van der Waals surface area (Å²) in [6.07, 6.45) is 8.71. The van der Waals surface area contributed by atoms with Crippen molar-refractivity contribution in [2.45, 2.75) is 69.0 Å². The topological polar surface area (TPSA) is 60.4 Å². The first kappa shape index (κ1) is 22.2. The van der Waals surface area contributed by atoms with Crippen LogP contribution in [0.1, 0.15) is 45.4 Å². The first-order valence-corrected chi connectivity index (χ1v) is 11.4. The summed E-state index contributed by atoms with van der Waals surface area (Å²) in [6, 6.07) is 0.0539. The lowest BCUT2D eigenvalue weighted by molar-refractivity contribution is -0.311. The number of aliphatic hydroxyl groups is 1. The van der Waals surface area contributed by atoms with Gasteiger partial charge in [-0.1, -0.05) is 13.0 Å². The van der Waals surface area contributed by atoms with Gasteiger partial charge in [0.2, 0.25) is 5.79 Å². The molecule has 0 aromatic heterocycles. The van der Waals surface area contributed by atoms with Crippen LogP contribution in [-0.2, 0) is 18.9 Å². The Morgan fingerprint density at radius 2 is 2.03 bits per heavy atom. The van der Waals surface area contributed by atoms with E-state index < -0.39 is 17.5 Å². The van der Waals surface area contributed by atoms with E-state index in [0.29, 0.717) is 18.6 Å². The van der Waals surface area contributed by atoms with E-state index in [9.17, 15) is 5.11 Å². The smallest absolute Gasteiger partial charge is 0.373 e. The summed E-state index contributed by atoms with van der Waals surface area (Å²) in [7, 11) is 8.68. The van der Waals surface area contributed by atoms with E-state index in [2.05, 4.69) is 18.4 Å². The summed E-state index contributed by atoms with van der Waals surface area (Å²) in [5.74, 6) is 0.407. The zero-order valence-corrected chi connectivity index (χ0v) is 18.6. The predicted molar refractivity (Wildman–Crippen MR) is 114 cm³/mol. The number of allylic oxidation sites excluding steroid dienone is 2. The summed E-state index contributed by atoms with van der Waals surface area (Å²) in [5.41, 5.74) is -0.899. The summed E-state index contributed by atoms with van der Waals surface area (Å²) < 4.78 is 23.0. The summed E-state index contributed by atoms with van der Waals surface area (Å²) >= 11 is 0. The fraction of sp³-hybridized carbons (Fsp3) is 0.826. The molecule has 2 radical (unpaired) electrons. The molecule has 1 heterocycles. The van der Waals surface area contributed by atoms with E-state index in [1.54, 1.807) is 14.2 Å². The maximum atomic E-state index is 12.3. The van der Waals surface area contributed by atoms with Crippen LogP contribution in [0.15, 0.2) is 24.7 Å². The van der Waals surface area contributed by atoms with Crippen molar-refractivity contribution in [2.24, 2.45) is 23.7 Å². The largest absolute Gasteiger partial charge is 0.571 e. The van der Waals surface area contributed by atoms with Crippen molar-refractivity contribution < 1.29 is 24.0 Å². The van der Waals surface area contributed by atoms with Gasteiger partial charge in [-0.25, -0.2) is 0 Å². The molecule has 6 nitrogen and oxygen atoms in total. The van der Waals surface area contributed by atoms with E-state index in [0.717, 1.165) is 31.8 Å². The van der Waals surface area contributed by atoms with E-state index in [1.807, 2.05) is 6.08 Å². The zero-order valence-electron chi connectivity index (χ0n) is 18.6. The van der Waals surface area contributed by atoms with Crippen LogP contribution in [0, 0.1) is 23.7 Å². The second-order valence-corrected chi connectivity index (χ2v) is 9.55. The normalized spacial score (nSPS) is 40.8. The molecule has 0 amide bonds. The first-order chi connectivity index (χ1) is 14.5. The fourth-order valence-electron chi connectivity index (χ4n) is 6.45. The van der Waals surface area contributed by atoms with Crippen molar-refractivity contribution >= 4 is 8.05 Å². The number of ether oxygens (including phenoxy) is 3. The van der Waals surface area contributed by atoms with E-state index in [1.165, 1.54) is 19.1 Å². The van der Waals surface area contributed by atoms with E-state index in [4.69, 9.17) is 26.9 Å². The highest BCUT2D eigenvalue weighted by molar-refractivity contribution is 5.98. The SMILES string of the molecule is [B]O/C=C1\OC2C3C1C(C=C)C[C@@H](N(CCC)CC1CC1)[C@]3(O)CCC2(OC)OC. The van der Waals surface area contributed by atoms with Crippen LogP contribution in [0.2, 0.25) is 0 Å². The van der Waals surface area contributed by atoms with Crippen LogP contribution in [0.3, 0.4) is 0 Å². The fourth-order valence-corrected chi connectivity index (χ4v) is 6.45. The molecule has 0 spiro atoms. The van der Waals surface area contributed by atoms with Crippen LogP contribution in [0.4, 0.5) is 0 Å². The van der Waals surface area contributed by atoms with E-state index >= 15 is 0 Å². The maximum Gasteiger partial charge on any atom is 0.373 e. The van der Waals surface area contributed by atoms with Crippen molar-refractivity contribution in [1.29, 1.82) is 0 Å². The molecule has 7 heteroatoms. The van der Waals surface area contributed by atoms with Gasteiger partial charge in [0.1, 0.15) is 5.76 Å². The lowest BCUT2D eigenvalue weighted by atomic mass is 9.55. The van der Waals surface area contributed by atoms with Crippen molar-refractivity contribution in [3.05, 3.63) is 24.7 Å². The Kier molecular flexibility index (Phi) is 6.28. The number of nitrogens with zero attached hydrogens (tertiary/aromatic N) is 1. The number of hydrogen-bond donors (Lipinski definition) is 1. The summed E-state index contributed by atoms with van der Waals surface area (Å²) in [6.45, 7) is 8.39. The third kappa shape index (κ3) is 3.42. The Morgan fingerprint density at radius 1 is 1.30 bits per heavy atom. The molecule has 1 N–H and O–H groups in total. The molecule has 30 heavy (non-hydrogen) atoms. The molecule has 0 bridgehead atoms. The van der Waals surface area contributed by atoms with Gasteiger partial charge in [0, 0.05) is 45.1 Å². The molecular weight excluding hydrogens is 381 g/mol. The van der Waals surface area contributed by atoms with E-state index in [-0.39, 0.29) is 23.8 Å². The number of rotatable bonds is 9. The monoisotopic (exact) mass is 417 g/mol. The van der Waals surface area contributed by atoms with Crippen molar-refractivity contribution in [3.8, 4) is 0 Å². The van der Waals surface area contributed by atoms with Gasteiger partial charge in [-0.05, 0) is 50.5 Å². The van der Waals surface area contributed by atoms with Gasteiger partial charge in [-0.3, -0.25) is 4.90 Å². The van der Waals surface area contributed by atoms with Crippen molar-refractivity contribution in [3.63, 3.8) is 0 Å². The Hall–Kier alpha value is -1.02. The molecule has 4 aliphatic rings. The Bertz CT molecular complexity index is 664. The summed E-state index contributed by atoms with van der Waals surface area (Å²) in [5, 5.41) is 12.3. The minimum atomic E-state index is -0.904. The van der Waals surface area contributed by atoms with Gasteiger partial charge < -0.3 is 24.0 Å². The highest BCUT2D eigenvalue weighted by Crippen LogP contribution is 2.61. The molecule has 6 atom stereocenters. The highest BCUT2D eigenvalue weighted by Gasteiger charge is 2.70. The van der Waals surface area contributed by atoms with Gasteiger partial charge in [-0.15, -0.1) is 6.58 Å². The quantitative estimate of drug-likeness (QED) is 0.270.